The Hall–Kier alpha value is -3.12. The van der Waals surface area contributed by atoms with E-state index in [-0.39, 0.29) is 37.6 Å². The number of hydrogen-bond donors (Lipinski definition) is 1. The molecule has 1 N–H and O–H groups in total. The van der Waals surface area contributed by atoms with Gasteiger partial charge in [0.05, 0.1) is 21.8 Å². The fourth-order valence-corrected chi connectivity index (χ4v) is 4.28. The monoisotopic (exact) mass is 531 g/mol. The first kappa shape index (κ1) is 26.0. The van der Waals surface area contributed by atoms with E-state index in [4.69, 9.17) is 16.3 Å². The number of pyridine rings is 1. The van der Waals surface area contributed by atoms with Crippen molar-refractivity contribution in [2.24, 2.45) is 0 Å². The summed E-state index contributed by atoms with van der Waals surface area (Å²) in [4.78, 5) is 14.5. The summed E-state index contributed by atoms with van der Waals surface area (Å²) < 4.78 is 85.0. The van der Waals surface area contributed by atoms with Gasteiger partial charge in [0.2, 0.25) is 0 Å². The molecule has 13 heteroatoms. The van der Waals surface area contributed by atoms with E-state index < -0.39 is 28.5 Å². The minimum Gasteiger partial charge on any atom is -0.377 e. The molecule has 0 amide bonds. The predicted molar refractivity (Wildman–Crippen MR) is 121 cm³/mol. The molecule has 0 spiro atoms. The summed E-state index contributed by atoms with van der Waals surface area (Å²) in [6, 6.07) is 5.45. The van der Waals surface area contributed by atoms with Crippen LogP contribution < -0.4 is 10.2 Å². The second-order valence-electron chi connectivity index (χ2n) is 8.02. The van der Waals surface area contributed by atoms with Crippen LogP contribution >= 0.6 is 11.6 Å². The highest BCUT2D eigenvalue weighted by atomic mass is 35.5. The molecule has 4 rings (SSSR count). The van der Waals surface area contributed by atoms with Gasteiger partial charge in [-0.25, -0.2) is 15.0 Å². The molecule has 2 aromatic heterocycles. The highest BCUT2D eigenvalue weighted by Gasteiger charge is 2.36. The quantitative estimate of drug-likeness (QED) is 0.404. The molecule has 3 heterocycles. The number of halogens is 7. The van der Waals surface area contributed by atoms with Gasteiger partial charge in [0.1, 0.15) is 18.2 Å². The number of ether oxygens (including phenoxy) is 1. The number of anilines is 3. The number of alkyl halides is 6. The molecule has 1 aliphatic rings. The molecule has 0 saturated heterocycles. The number of hydrogen-bond acceptors (Lipinski definition) is 6. The first-order valence-corrected chi connectivity index (χ1v) is 11.1. The van der Waals surface area contributed by atoms with Gasteiger partial charge in [-0.2, -0.15) is 26.3 Å². The Kier molecular flexibility index (Phi) is 7.28. The third kappa shape index (κ3) is 5.65. The Labute approximate surface area is 207 Å². The Bertz CT molecular complexity index is 1250. The second kappa shape index (κ2) is 10.1. The van der Waals surface area contributed by atoms with E-state index in [1.807, 2.05) is 0 Å². The van der Waals surface area contributed by atoms with Crippen molar-refractivity contribution in [3.63, 3.8) is 0 Å². The van der Waals surface area contributed by atoms with Crippen LogP contribution in [0, 0.1) is 0 Å². The third-order valence-electron chi connectivity index (χ3n) is 5.59. The largest absolute Gasteiger partial charge is 0.419 e. The van der Waals surface area contributed by atoms with E-state index in [1.54, 1.807) is 4.90 Å². The van der Waals surface area contributed by atoms with Crippen molar-refractivity contribution < 1.29 is 31.1 Å². The van der Waals surface area contributed by atoms with Crippen LogP contribution in [-0.2, 0) is 36.5 Å². The molecule has 1 aromatic carbocycles. The molecule has 36 heavy (non-hydrogen) atoms. The highest BCUT2D eigenvalue weighted by molar-refractivity contribution is 6.31. The molecular weight excluding hydrogens is 512 g/mol. The van der Waals surface area contributed by atoms with Gasteiger partial charge in [-0.05, 0) is 36.8 Å². The molecule has 0 radical (unpaired) electrons. The molecule has 6 nitrogen and oxygen atoms in total. The van der Waals surface area contributed by atoms with Crippen molar-refractivity contribution in [2.75, 3.05) is 30.4 Å². The minimum absolute atomic E-state index is 0.0674. The van der Waals surface area contributed by atoms with Crippen molar-refractivity contribution in [1.82, 2.24) is 15.0 Å². The number of rotatable bonds is 5. The van der Waals surface area contributed by atoms with E-state index in [0.717, 1.165) is 18.2 Å². The fraction of sp³-hybridized carbons (Fsp3) is 0.348. The standard InChI is InChI=1S/C23H20ClF6N5O/c1-36-12-19-33-18-7-10-35(21-16(23(28,29)30)3-2-8-31-21)9-6-14(18)20(34-19)32-13-4-5-15(17(24)11-13)22(25,26)27/h2-5,8,11H,6-7,9-10,12H2,1H3,(H,32,33,34). The first-order valence-electron chi connectivity index (χ1n) is 10.8. The van der Waals surface area contributed by atoms with Crippen LogP contribution in [0.4, 0.5) is 43.7 Å². The van der Waals surface area contributed by atoms with Crippen molar-refractivity contribution in [2.45, 2.75) is 31.8 Å². The van der Waals surface area contributed by atoms with Crippen LogP contribution in [0.2, 0.25) is 5.02 Å². The topological polar surface area (TPSA) is 63.2 Å². The van der Waals surface area contributed by atoms with Gasteiger partial charge in [-0.3, -0.25) is 0 Å². The van der Waals surface area contributed by atoms with Gasteiger partial charge in [0.15, 0.2) is 5.82 Å². The maximum absolute atomic E-state index is 13.6. The third-order valence-corrected chi connectivity index (χ3v) is 5.90. The van der Waals surface area contributed by atoms with Gasteiger partial charge >= 0.3 is 12.4 Å². The van der Waals surface area contributed by atoms with Crippen LogP contribution in [-0.4, -0.2) is 35.2 Å². The number of aromatic nitrogens is 3. The van der Waals surface area contributed by atoms with Crippen molar-refractivity contribution in [3.8, 4) is 0 Å². The lowest BCUT2D eigenvalue weighted by Crippen LogP contribution is -2.29. The Balaban J connectivity index is 1.67. The van der Waals surface area contributed by atoms with Crippen molar-refractivity contribution >= 4 is 28.9 Å². The van der Waals surface area contributed by atoms with Gasteiger partial charge in [-0.1, -0.05) is 11.6 Å². The number of benzene rings is 1. The number of methoxy groups -OCH3 is 1. The Morgan fingerprint density at radius 1 is 1.00 bits per heavy atom. The fourth-order valence-electron chi connectivity index (χ4n) is 3.99. The van der Waals surface area contributed by atoms with E-state index in [2.05, 4.69) is 20.3 Å². The van der Waals surface area contributed by atoms with E-state index >= 15 is 0 Å². The molecule has 0 aliphatic carbocycles. The number of nitrogens with one attached hydrogen (secondary N) is 1. The zero-order valence-electron chi connectivity index (χ0n) is 18.8. The lowest BCUT2D eigenvalue weighted by Gasteiger charge is -2.24. The summed E-state index contributed by atoms with van der Waals surface area (Å²) in [5.74, 6) is 0.465. The van der Waals surface area contributed by atoms with Gasteiger partial charge < -0.3 is 15.0 Å². The zero-order chi connectivity index (χ0) is 26.1. The summed E-state index contributed by atoms with van der Waals surface area (Å²) in [6.07, 6.45) is -7.29. The Morgan fingerprint density at radius 3 is 2.39 bits per heavy atom. The summed E-state index contributed by atoms with van der Waals surface area (Å²) in [5, 5.41) is 2.52. The smallest absolute Gasteiger partial charge is 0.377 e. The maximum Gasteiger partial charge on any atom is 0.419 e. The molecule has 0 bridgehead atoms. The molecule has 0 fully saturated rings. The van der Waals surface area contributed by atoms with Crippen molar-refractivity contribution in [3.05, 3.63) is 69.8 Å². The normalized spacial score (nSPS) is 14.4. The van der Waals surface area contributed by atoms with Crippen LogP contribution in [0.1, 0.15) is 28.2 Å². The Morgan fingerprint density at radius 2 is 1.72 bits per heavy atom. The molecule has 192 valence electrons. The van der Waals surface area contributed by atoms with Gasteiger partial charge in [0, 0.05) is 44.1 Å². The van der Waals surface area contributed by atoms with Crippen LogP contribution in [0.15, 0.2) is 36.5 Å². The first-order chi connectivity index (χ1) is 17.0. The second-order valence-corrected chi connectivity index (χ2v) is 8.43. The average molecular weight is 532 g/mol. The molecule has 3 aromatic rings. The van der Waals surface area contributed by atoms with Crippen LogP contribution in [0.3, 0.4) is 0 Å². The lowest BCUT2D eigenvalue weighted by atomic mass is 10.1. The van der Waals surface area contributed by atoms with Crippen molar-refractivity contribution in [1.29, 1.82) is 0 Å². The minimum atomic E-state index is -4.60. The molecule has 0 atom stereocenters. The molecule has 1 aliphatic heterocycles. The number of fused-ring (bicyclic) bond motifs is 1. The molecule has 0 saturated carbocycles. The van der Waals surface area contributed by atoms with Crippen LogP contribution in [0.5, 0.6) is 0 Å². The zero-order valence-corrected chi connectivity index (χ0v) is 19.6. The molecular formula is C23H20ClF6N5O. The summed E-state index contributed by atoms with van der Waals surface area (Å²) >= 11 is 5.85. The van der Waals surface area contributed by atoms with Gasteiger partial charge in [-0.15, -0.1) is 0 Å². The molecule has 0 unspecified atom stereocenters. The summed E-state index contributed by atoms with van der Waals surface area (Å²) in [7, 11) is 1.46. The van der Waals surface area contributed by atoms with Crippen LogP contribution in [0.25, 0.3) is 0 Å². The predicted octanol–water partition coefficient (Wildman–Crippen LogP) is 6.06. The van der Waals surface area contributed by atoms with E-state index in [9.17, 15) is 26.3 Å². The summed E-state index contributed by atoms with van der Waals surface area (Å²) in [5.41, 5.74) is -0.299. The van der Waals surface area contributed by atoms with E-state index in [0.29, 0.717) is 29.3 Å². The summed E-state index contributed by atoms with van der Waals surface area (Å²) in [6.45, 7) is 0.489. The number of nitrogens with zero attached hydrogens (tertiary/aromatic N) is 4. The highest BCUT2D eigenvalue weighted by Crippen LogP contribution is 2.38. The van der Waals surface area contributed by atoms with E-state index in [1.165, 1.54) is 25.4 Å². The SMILES string of the molecule is COCc1nc2c(c(Nc3ccc(C(F)(F)F)c(Cl)c3)n1)CCN(c1ncccc1C(F)(F)F)CC2. The average Bonchev–Trinajstić information content (AvgIpc) is 3.01. The lowest BCUT2D eigenvalue weighted by molar-refractivity contribution is -0.138. The van der Waals surface area contributed by atoms with Gasteiger partial charge in [0.25, 0.3) is 0 Å². The maximum atomic E-state index is 13.6.